The zero-order valence-electron chi connectivity index (χ0n) is 11.9. The van der Waals surface area contributed by atoms with Gasteiger partial charge in [0.15, 0.2) is 10.9 Å². The summed E-state index contributed by atoms with van der Waals surface area (Å²) in [5, 5.41) is 17.5. The number of carbonyl (C=O) groups is 1. The van der Waals surface area contributed by atoms with Crippen molar-refractivity contribution in [3.05, 3.63) is 48.4 Å². The molecular weight excluding hydrogens is 397 g/mol. The van der Waals surface area contributed by atoms with Gasteiger partial charge < -0.3 is 25.5 Å². The summed E-state index contributed by atoms with van der Waals surface area (Å²) in [6.45, 7) is 0. The molecule has 1 aromatic heterocycles. The highest BCUT2D eigenvalue weighted by Crippen LogP contribution is 2.29. The van der Waals surface area contributed by atoms with Crippen LogP contribution in [0.2, 0.25) is 0 Å². The van der Waals surface area contributed by atoms with E-state index >= 15 is 0 Å². The largest absolute Gasteiger partial charge is 0.508 e. The third-order valence-corrected chi connectivity index (χ3v) is 3.60. The monoisotopic (exact) mass is 407 g/mol. The van der Waals surface area contributed by atoms with Gasteiger partial charge in [-0.25, -0.2) is 0 Å². The third kappa shape index (κ3) is 5.45. The Bertz CT molecular complexity index is 720. The number of phenols is 1. The highest BCUT2D eigenvalue weighted by Gasteiger charge is 2.35. The third-order valence-electron chi connectivity index (χ3n) is 2.73. The maximum absolute atomic E-state index is 12.0. The van der Waals surface area contributed by atoms with E-state index in [-0.39, 0.29) is 16.6 Å². The van der Waals surface area contributed by atoms with E-state index in [2.05, 4.69) is 16.0 Å². The summed E-state index contributed by atoms with van der Waals surface area (Å²) >= 11 is 22.7. The van der Waals surface area contributed by atoms with Gasteiger partial charge in [-0.3, -0.25) is 4.79 Å². The standard InChI is InChI=1S/C14H12Cl3N3O3S/c15-14(16,17)12(19-11(22)10-5-2-6-23-10)20-13(24)18-8-3-1-4-9(21)7-8/h1-7,12,21H,(H,19,22)(H2,18,20,24). The first kappa shape index (κ1) is 18.7. The number of thiocarbonyl (C=S) groups is 1. The Morgan fingerprint density at radius 3 is 2.54 bits per heavy atom. The van der Waals surface area contributed by atoms with Crippen LogP contribution in [0.5, 0.6) is 5.75 Å². The number of rotatable bonds is 4. The van der Waals surface area contributed by atoms with Gasteiger partial charge in [-0.1, -0.05) is 40.9 Å². The van der Waals surface area contributed by atoms with Gasteiger partial charge in [-0.05, 0) is 36.5 Å². The van der Waals surface area contributed by atoms with Crippen molar-refractivity contribution in [2.24, 2.45) is 0 Å². The summed E-state index contributed by atoms with van der Waals surface area (Å²) < 4.78 is 3.10. The number of furan rings is 1. The average Bonchev–Trinajstić information content (AvgIpc) is 2.99. The fraction of sp³-hybridized carbons (Fsp3) is 0.143. The van der Waals surface area contributed by atoms with E-state index in [1.807, 2.05) is 0 Å². The molecule has 2 rings (SSSR count). The number of amides is 1. The molecular formula is C14H12Cl3N3O3S. The molecule has 1 aromatic carbocycles. The lowest BCUT2D eigenvalue weighted by atomic mass is 10.3. The molecule has 1 atom stereocenters. The van der Waals surface area contributed by atoms with Crippen molar-refractivity contribution in [2.45, 2.75) is 9.96 Å². The van der Waals surface area contributed by atoms with E-state index in [0.717, 1.165) is 0 Å². The number of phenolic OH excluding ortho intramolecular Hbond substituents is 1. The minimum absolute atomic E-state index is 0.0582. The van der Waals surface area contributed by atoms with E-state index in [4.69, 9.17) is 51.4 Å². The van der Waals surface area contributed by atoms with Crippen molar-refractivity contribution in [1.82, 2.24) is 10.6 Å². The number of nitrogens with one attached hydrogen (secondary N) is 3. The molecule has 4 N–H and O–H groups in total. The van der Waals surface area contributed by atoms with Crippen LogP contribution in [-0.4, -0.2) is 26.1 Å². The molecule has 0 aliphatic rings. The predicted molar refractivity (Wildman–Crippen MR) is 97.7 cm³/mol. The summed E-state index contributed by atoms with van der Waals surface area (Å²) in [7, 11) is 0. The Morgan fingerprint density at radius 1 is 1.21 bits per heavy atom. The van der Waals surface area contributed by atoms with Crippen molar-refractivity contribution in [1.29, 1.82) is 0 Å². The van der Waals surface area contributed by atoms with Crippen LogP contribution >= 0.6 is 47.0 Å². The molecule has 6 nitrogen and oxygen atoms in total. The van der Waals surface area contributed by atoms with Crippen molar-refractivity contribution < 1.29 is 14.3 Å². The first-order chi connectivity index (χ1) is 11.3. The van der Waals surface area contributed by atoms with Gasteiger partial charge in [-0.15, -0.1) is 0 Å². The molecule has 1 amide bonds. The van der Waals surface area contributed by atoms with Crippen LogP contribution in [0, 0.1) is 0 Å². The van der Waals surface area contributed by atoms with E-state index in [9.17, 15) is 9.90 Å². The second-order valence-electron chi connectivity index (χ2n) is 4.57. The van der Waals surface area contributed by atoms with E-state index in [1.165, 1.54) is 24.5 Å². The van der Waals surface area contributed by atoms with Gasteiger partial charge >= 0.3 is 0 Å². The van der Waals surface area contributed by atoms with Crippen LogP contribution in [0.4, 0.5) is 5.69 Å². The number of anilines is 1. The Balaban J connectivity index is 2.03. The van der Waals surface area contributed by atoms with Crippen molar-refractivity contribution in [2.75, 3.05) is 5.32 Å². The van der Waals surface area contributed by atoms with Crippen LogP contribution in [0.25, 0.3) is 0 Å². The molecule has 1 heterocycles. The maximum Gasteiger partial charge on any atom is 0.288 e. The SMILES string of the molecule is O=C(NC(NC(=S)Nc1cccc(O)c1)C(Cl)(Cl)Cl)c1ccco1. The Morgan fingerprint density at radius 2 is 1.96 bits per heavy atom. The summed E-state index contributed by atoms with van der Waals surface area (Å²) in [5.41, 5.74) is 0.521. The quantitative estimate of drug-likeness (QED) is 0.352. The van der Waals surface area contributed by atoms with Gasteiger partial charge in [0.25, 0.3) is 5.91 Å². The van der Waals surface area contributed by atoms with Crippen LogP contribution in [0.15, 0.2) is 47.1 Å². The highest BCUT2D eigenvalue weighted by atomic mass is 35.6. The normalized spacial score (nSPS) is 12.3. The molecule has 0 spiro atoms. The molecule has 0 saturated carbocycles. The van der Waals surface area contributed by atoms with Gasteiger partial charge in [-0.2, -0.15) is 0 Å². The van der Waals surface area contributed by atoms with E-state index in [0.29, 0.717) is 5.69 Å². The lowest BCUT2D eigenvalue weighted by Crippen LogP contribution is -2.56. The molecule has 0 aliphatic heterocycles. The van der Waals surface area contributed by atoms with Crippen LogP contribution in [-0.2, 0) is 0 Å². The molecule has 2 aromatic rings. The Hall–Kier alpha value is -1.67. The molecule has 128 valence electrons. The van der Waals surface area contributed by atoms with Gasteiger partial charge in [0.2, 0.25) is 3.79 Å². The molecule has 10 heteroatoms. The van der Waals surface area contributed by atoms with E-state index in [1.54, 1.807) is 18.2 Å². The number of aromatic hydroxyl groups is 1. The highest BCUT2D eigenvalue weighted by molar-refractivity contribution is 7.80. The molecule has 0 aliphatic carbocycles. The summed E-state index contributed by atoms with van der Waals surface area (Å²) in [4.78, 5) is 12.0. The number of halogens is 3. The van der Waals surface area contributed by atoms with Gasteiger partial charge in [0.05, 0.1) is 6.26 Å². The van der Waals surface area contributed by atoms with Crippen molar-refractivity contribution >= 4 is 63.7 Å². The number of benzene rings is 1. The second kappa shape index (κ2) is 7.94. The molecule has 24 heavy (non-hydrogen) atoms. The minimum Gasteiger partial charge on any atom is -0.508 e. The zero-order chi connectivity index (χ0) is 17.7. The smallest absolute Gasteiger partial charge is 0.288 e. The summed E-state index contributed by atoms with van der Waals surface area (Å²) in [6, 6.07) is 9.30. The van der Waals surface area contributed by atoms with Crippen LogP contribution < -0.4 is 16.0 Å². The first-order valence-corrected chi connectivity index (χ1v) is 8.07. The van der Waals surface area contributed by atoms with Crippen LogP contribution in [0.1, 0.15) is 10.6 Å². The lowest BCUT2D eigenvalue weighted by molar-refractivity contribution is 0.0906. The Labute approximate surface area is 158 Å². The average molecular weight is 409 g/mol. The molecule has 0 fully saturated rings. The number of hydrogen-bond acceptors (Lipinski definition) is 4. The summed E-state index contributed by atoms with van der Waals surface area (Å²) in [5.74, 6) is -0.460. The van der Waals surface area contributed by atoms with Crippen molar-refractivity contribution in [3.8, 4) is 5.75 Å². The first-order valence-electron chi connectivity index (χ1n) is 6.53. The Kier molecular flexibility index (Phi) is 6.17. The molecule has 0 bridgehead atoms. The van der Waals surface area contributed by atoms with Crippen molar-refractivity contribution in [3.63, 3.8) is 0 Å². The molecule has 0 saturated heterocycles. The number of carbonyl (C=O) groups excluding carboxylic acids is 1. The van der Waals surface area contributed by atoms with Crippen LogP contribution in [0.3, 0.4) is 0 Å². The van der Waals surface area contributed by atoms with E-state index < -0.39 is 15.9 Å². The topological polar surface area (TPSA) is 86.5 Å². The minimum atomic E-state index is -1.88. The molecule has 0 radical (unpaired) electrons. The maximum atomic E-state index is 12.0. The predicted octanol–water partition coefficient (Wildman–Crippen LogP) is 3.40. The fourth-order valence-electron chi connectivity index (χ4n) is 1.69. The van der Waals surface area contributed by atoms with Gasteiger partial charge in [0.1, 0.15) is 11.9 Å². The number of hydrogen-bond donors (Lipinski definition) is 4. The second-order valence-corrected chi connectivity index (χ2v) is 7.35. The zero-order valence-corrected chi connectivity index (χ0v) is 15.0. The lowest BCUT2D eigenvalue weighted by Gasteiger charge is -2.27. The number of alkyl halides is 3. The van der Waals surface area contributed by atoms with Gasteiger partial charge in [0, 0.05) is 11.8 Å². The molecule has 1 unspecified atom stereocenters. The summed E-state index contributed by atoms with van der Waals surface area (Å²) in [6.07, 6.45) is 0.221. The fourth-order valence-corrected chi connectivity index (χ4v) is 2.25.